The minimum Gasteiger partial charge on any atom is -0.508 e. The molecule has 1 saturated carbocycles. The SMILES string of the molecule is NC(=O)C1=C(O)C2(O)C(=O)C3=C(O)c4c(O)ccc(C#CC(=O)O)c4CC3CC2CC1=O. The highest BCUT2D eigenvalue weighted by atomic mass is 16.4. The molecule has 3 aliphatic rings. The van der Waals surface area contributed by atoms with E-state index in [2.05, 4.69) is 5.92 Å². The molecule has 0 radical (unpaired) electrons. The summed E-state index contributed by atoms with van der Waals surface area (Å²) in [4.78, 5) is 48.1. The third-order valence-electron chi connectivity index (χ3n) is 6.25. The fraction of sp³-hybridized carbons (Fsp3) is 0.273. The highest BCUT2D eigenvalue weighted by Gasteiger charge is 2.60. The van der Waals surface area contributed by atoms with E-state index < -0.39 is 70.1 Å². The van der Waals surface area contributed by atoms with Crippen molar-refractivity contribution in [2.75, 3.05) is 0 Å². The Balaban J connectivity index is 1.93. The number of nitrogens with two attached hydrogens (primary N) is 1. The van der Waals surface area contributed by atoms with Gasteiger partial charge in [-0.2, -0.15) is 0 Å². The van der Waals surface area contributed by atoms with Crippen LogP contribution in [0.25, 0.3) is 5.76 Å². The first-order valence-corrected chi connectivity index (χ1v) is 9.55. The smallest absolute Gasteiger partial charge is 0.382 e. The minimum atomic E-state index is -2.63. The van der Waals surface area contributed by atoms with Crippen molar-refractivity contribution in [1.82, 2.24) is 0 Å². The number of carboxylic acids is 1. The summed E-state index contributed by atoms with van der Waals surface area (Å²) in [7, 11) is 0. The number of primary amides is 1. The molecule has 1 aromatic carbocycles. The number of ketones is 2. The lowest BCUT2D eigenvalue weighted by atomic mass is 9.59. The zero-order chi connectivity index (χ0) is 23.5. The summed E-state index contributed by atoms with van der Waals surface area (Å²) in [5.41, 5.74) is 1.75. The van der Waals surface area contributed by atoms with Gasteiger partial charge in [0, 0.05) is 29.4 Å². The number of aliphatic hydroxyl groups is 3. The summed E-state index contributed by atoms with van der Waals surface area (Å²) in [5.74, 6) is -4.19. The van der Waals surface area contributed by atoms with Gasteiger partial charge in [0.1, 0.15) is 22.8 Å². The second kappa shape index (κ2) is 6.96. The monoisotopic (exact) mass is 439 g/mol. The predicted molar refractivity (Wildman–Crippen MR) is 106 cm³/mol. The van der Waals surface area contributed by atoms with Crippen molar-refractivity contribution in [2.45, 2.75) is 24.9 Å². The van der Waals surface area contributed by atoms with Crippen LogP contribution in [0.3, 0.4) is 0 Å². The van der Waals surface area contributed by atoms with Gasteiger partial charge in [-0.15, -0.1) is 0 Å². The molecule has 32 heavy (non-hydrogen) atoms. The molecule has 3 atom stereocenters. The second-order valence-corrected chi connectivity index (χ2v) is 7.95. The number of carbonyl (C=O) groups is 4. The van der Waals surface area contributed by atoms with E-state index in [0.717, 1.165) is 0 Å². The molecule has 3 unspecified atom stereocenters. The van der Waals surface area contributed by atoms with Gasteiger partial charge >= 0.3 is 5.97 Å². The van der Waals surface area contributed by atoms with E-state index >= 15 is 0 Å². The number of phenols is 1. The van der Waals surface area contributed by atoms with Crippen molar-refractivity contribution in [1.29, 1.82) is 0 Å². The first-order valence-electron chi connectivity index (χ1n) is 9.55. The zero-order valence-electron chi connectivity index (χ0n) is 16.4. The van der Waals surface area contributed by atoms with E-state index in [0.29, 0.717) is 5.56 Å². The molecule has 0 saturated heterocycles. The molecule has 3 aliphatic carbocycles. The van der Waals surface area contributed by atoms with Crippen LogP contribution in [0.1, 0.15) is 29.5 Å². The minimum absolute atomic E-state index is 0.0234. The Labute approximate surface area is 180 Å². The molecule has 1 aromatic rings. The lowest BCUT2D eigenvalue weighted by Crippen LogP contribution is -2.58. The molecular formula is C22H17NO9. The van der Waals surface area contributed by atoms with Gasteiger partial charge in [0.25, 0.3) is 5.91 Å². The largest absolute Gasteiger partial charge is 0.508 e. The van der Waals surface area contributed by atoms with Gasteiger partial charge in [-0.3, -0.25) is 14.4 Å². The molecule has 0 heterocycles. The Morgan fingerprint density at radius 3 is 2.44 bits per heavy atom. The molecule has 0 aliphatic heterocycles. The predicted octanol–water partition coefficient (Wildman–Crippen LogP) is -0.140. The first-order chi connectivity index (χ1) is 15.0. The lowest BCUT2D eigenvalue weighted by Gasteiger charge is -2.46. The van der Waals surface area contributed by atoms with Crippen LogP contribution in [0.5, 0.6) is 5.75 Å². The maximum Gasteiger partial charge on any atom is 0.382 e. The van der Waals surface area contributed by atoms with Crippen molar-refractivity contribution in [3.05, 3.63) is 45.7 Å². The van der Waals surface area contributed by atoms with E-state index in [1.807, 2.05) is 5.92 Å². The van der Waals surface area contributed by atoms with Gasteiger partial charge in [-0.1, -0.05) is 5.92 Å². The van der Waals surface area contributed by atoms with E-state index in [9.17, 15) is 39.6 Å². The summed E-state index contributed by atoms with van der Waals surface area (Å²) in [6.45, 7) is 0. The topological polar surface area (TPSA) is 195 Å². The molecule has 1 amide bonds. The van der Waals surface area contributed by atoms with Crippen LogP contribution in [0.4, 0.5) is 0 Å². The summed E-state index contributed by atoms with van der Waals surface area (Å²) in [5, 5.41) is 51.6. The van der Waals surface area contributed by atoms with Crippen molar-refractivity contribution < 1.29 is 44.7 Å². The molecule has 4 rings (SSSR count). The van der Waals surface area contributed by atoms with E-state index in [4.69, 9.17) is 10.8 Å². The quantitative estimate of drug-likeness (QED) is 0.255. The lowest BCUT2D eigenvalue weighted by molar-refractivity contribution is -0.147. The fourth-order valence-electron chi connectivity index (χ4n) is 4.86. The Morgan fingerprint density at radius 2 is 1.81 bits per heavy atom. The number of carboxylic acid groups (broad SMARTS) is 1. The van der Waals surface area contributed by atoms with Gasteiger partial charge in [0.2, 0.25) is 5.78 Å². The average molecular weight is 439 g/mol. The molecule has 0 bridgehead atoms. The third-order valence-corrected chi connectivity index (χ3v) is 6.25. The van der Waals surface area contributed by atoms with Gasteiger partial charge < -0.3 is 31.3 Å². The van der Waals surface area contributed by atoms with Gasteiger partial charge in [-0.25, -0.2) is 4.79 Å². The molecule has 10 heteroatoms. The number of Topliss-reactive ketones (excluding diaryl/α,β-unsaturated/α-hetero) is 2. The zero-order valence-corrected chi connectivity index (χ0v) is 16.4. The molecule has 0 aromatic heterocycles. The number of aliphatic hydroxyl groups excluding tert-OH is 2. The van der Waals surface area contributed by atoms with Crippen LogP contribution < -0.4 is 5.73 Å². The van der Waals surface area contributed by atoms with Gasteiger partial charge in [0.05, 0.1) is 5.56 Å². The first kappa shape index (κ1) is 21.1. The summed E-state index contributed by atoms with van der Waals surface area (Å²) >= 11 is 0. The Morgan fingerprint density at radius 1 is 1.12 bits per heavy atom. The molecular weight excluding hydrogens is 422 g/mol. The number of benzene rings is 1. The summed E-state index contributed by atoms with van der Waals surface area (Å²) in [6.07, 6.45) is -0.398. The number of hydrogen-bond acceptors (Lipinski definition) is 8. The van der Waals surface area contributed by atoms with Crippen molar-refractivity contribution in [3.8, 4) is 17.6 Å². The van der Waals surface area contributed by atoms with Crippen LogP contribution in [-0.2, 0) is 25.6 Å². The molecule has 0 spiro atoms. The normalized spacial score (nSPS) is 26.5. The highest BCUT2D eigenvalue weighted by molar-refractivity contribution is 6.22. The third kappa shape index (κ3) is 2.79. The summed E-state index contributed by atoms with van der Waals surface area (Å²) in [6, 6.07) is 2.55. The maximum absolute atomic E-state index is 13.3. The number of carbonyl (C=O) groups excluding carboxylic acids is 3. The number of rotatable bonds is 1. The van der Waals surface area contributed by atoms with Gasteiger partial charge in [-0.05, 0) is 36.5 Å². The van der Waals surface area contributed by atoms with Crippen LogP contribution in [0, 0.1) is 23.7 Å². The number of aromatic hydroxyl groups is 1. The number of hydrogen-bond donors (Lipinski definition) is 6. The maximum atomic E-state index is 13.3. The van der Waals surface area contributed by atoms with Crippen molar-refractivity contribution >= 4 is 29.2 Å². The molecule has 10 nitrogen and oxygen atoms in total. The second-order valence-electron chi connectivity index (χ2n) is 7.95. The van der Waals surface area contributed by atoms with Gasteiger partial charge in [0.15, 0.2) is 11.4 Å². The van der Waals surface area contributed by atoms with Crippen molar-refractivity contribution in [3.63, 3.8) is 0 Å². The van der Waals surface area contributed by atoms with Crippen LogP contribution in [0.2, 0.25) is 0 Å². The van der Waals surface area contributed by atoms with Crippen LogP contribution in [0.15, 0.2) is 29.0 Å². The van der Waals surface area contributed by atoms with E-state index in [1.165, 1.54) is 12.1 Å². The fourth-order valence-corrected chi connectivity index (χ4v) is 4.86. The highest BCUT2D eigenvalue weighted by Crippen LogP contribution is 2.52. The Bertz CT molecular complexity index is 1260. The Hall–Kier alpha value is -4.10. The van der Waals surface area contributed by atoms with Crippen molar-refractivity contribution in [2.24, 2.45) is 17.6 Å². The number of fused-ring (bicyclic) bond motifs is 3. The number of aliphatic carboxylic acids is 1. The summed E-state index contributed by atoms with van der Waals surface area (Å²) < 4.78 is 0. The Kier molecular flexibility index (Phi) is 4.60. The molecule has 7 N–H and O–H groups in total. The average Bonchev–Trinajstić information content (AvgIpc) is 2.69. The number of amides is 1. The molecule has 164 valence electrons. The number of phenolic OH excluding ortho intramolecular Hbond substituents is 1. The standard InChI is InChI=1S/C22H17NO9/c23-21(31)17-13(25)7-10-5-9-6-11-8(2-4-14(26)27)1-3-12(24)16(11)18(28)15(9)19(29)22(10,32)20(17)30/h1,3,9-10,24,28,30,32H,5-7H2,(H2,23,31)(H,26,27). The van der Waals surface area contributed by atoms with E-state index in [1.54, 1.807) is 0 Å². The molecule has 1 fully saturated rings. The van der Waals surface area contributed by atoms with Crippen LogP contribution in [-0.4, -0.2) is 54.6 Å². The van der Waals surface area contributed by atoms with E-state index in [-0.39, 0.29) is 29.5 Å². The van der Waals surface area contributed by atoms with Crippen LogP contribution >= 0.6 is 0 Å².